The van der Waals surface area contributed by atoms with Crippen molar-refractivity contribution in [2.24, 2.45) is 5.10 Å². The van der Waals surface area contributed by atoms with Crippen molar-refractivity contribution in [2.75, 3.05) is 25.1 Å². The number of hydrogen-bond acceptors (Lipinski definition) is 5. The lowest BCUT2D eigenvalue weighted by atomic mass is 10.2. The summed E-state index contributed by atoms with van der Waals surface area (Å²) in [5.41, 5.74) is 6.01. The Hall–Kier alpha value is -3.03. The topological polar surface area (TPSA) is 63.2 Å². The van der Waals surface area contributed by atoms with Crippen molar-refractivity contribution >= 4 is 45.3 Å². The lowest BCUT2D eigenvalue weighted by Crippen LogP contribution is -2.19. The molecule has 1 amide bonds. The van der Waals surface area contributed by atoms with Gasteiger partial charge in [0.25, 0.3) is 5.91 Å². The van der Waals surface area contributed by atoms with Gasteiger partial charge in [-0.3, -0.25) is 4.79 Å². The molecule has 0 aliphatic carbocycles. The summed E-state index contributed by atoms with van der Waals surface area (Å²) in [6.45, 7) is 2.51. The molecule has 3 aromatic rings. The first-order valence-electron chi connectivity index (χ1n) is 11.0. The van der Waals surface area contributed by atoms with Crippen LogP contribution in [0.5, 0.6) is 11.5 Å². The fourth-order valence-corrected chi connectivity index (χ4v) is 4.42. The Morgan fingerprint density at radius 3 is 2.50 bits per heavy atom. The smallest absolute Gasteiger partial charge is 0.271 e. The van der Waals surface area contributed by atoms with E-state index in [1.807, 2.05) is 54.6 Å². The van der Waals surface area contributed by atoms with Gasteiger partial charge in [0.2, 0.25) is 0 Å². The molecule has 3 aromatic carbocycles. The van der Waals surface area contributed by atoms with Crippen molar-refractivity contribution in [1.82, 2.24) is 5.43 Å². The average Bonchev–Trinajstić information content (AvgIpc) is 3.39. The van der Waals surface area contributed by atoms with Gasteiger partial charge in [-0.15, -0.1) is 0 Å². The van der Waals surface area contributed by atoms with Crippen LogP contribution in [0.2, 0.25) is 5.02 Å². The van der Waals surface area contributed by atoms with E-state index in [1.165, 1.54) is 12.8 Å². The number of hydrazone groups is 1. The van der Waals surface area contributed by atoms with Crippen LogP contribution in [0.15, 0.2) is 70.2 Å². The van der Waals surface area contributed by atoms with E-state index < -0.39 is 0 Å². The van der Waals surface area contributed by atoms with Crippen LogP contribution in [0, 0.1) is 0 Å². The number of nitrogens with one attached hydrogen (secondary N) is 1. The zero-order valence-electron chi connectivity index (χ0n) is 18.8. The minimum atomic E-state index is -0.266. The van der Waals surface area contributed by atoms with E-state index in [4.69, 9.17) is 21.1 Å². The maximum Gasteiger partial charge on any atom is 0.271 e. The number of rotatable bonds is 8. The van der Waals surface area contributed by atoms with Gasteiger partial charge in [0.15, 0.2) is 11.5 Å². The molecule has 1 aliphatic rings. The van der Waals surface area contributed by atoms with Gasteiger partial charge in [-0.25, -0.2) is 5.43 Å². The first kappa shape index (κ1) is 24.1. The third-order valence-electron chi connectivity index (χ3n) is 5.53. The Bertz CT molecular complexity index is 1160. The second kappa shape index (κ2) is 11.4. The quantitative estimate of drug-likeness (QED) is 0.278. The number of amides is 1. The Balaban J connectivity index is 1.37. The van der Waals surface area contributed by atoms with Crippen LogP contribution in [0.25, 0.3) is 0 Å². The van der Waals surface area contributed by atoms with Gasteiger partial charge in [-0.1, -0.05) is 23.7 Å². The summed E-state index contributed by atoms with van der Waals surface area (Å²) in [5.74, 6) is 0.864. The Morgan fingerprint density at radius 1 is 1.12 bits per heavy atom. The molecule has 1 heterocycles. The van der Waals surface area contributed by atoms with E-state index in [0.717, 1.165) is 29.9 Å². The summed E-state index contributed by atoms with van der Waals surface area (Å²) >= 11 is 9.47. The molecule has 0 atom stereocenters. The highest BCUT2D eigenvalue weighted by molar-refractivity contribution is 9.10. The summed E-state index contributed by atoms with van der Waals surface area (Å²) < 4.78 is 12.2. The van der Waals surface area contributed by atoms with Crippen LogP contribution in [-0.2, 0) is 6.61 Å². The highest BCUT2D eigenvalue weighted by atomic mass is 79.9. The van der Waals surface area contributed by atoms with Crippen molar-refractivity contribution in [3.8, 4) is 11.5 Å². The minimum absolute atomic E-state index is 0.266. The van der Waals surface area contributed by atoms with Crippen LogP contribution >= 0.6 is 27.5 Å². The number of nitrogens with zero attached hydrogens (tertiary/aromatic N) is 2. The van der Waals surface area contributed by atoms with Crippen molar-refractivity contribution in [3.05, 3.63) is 86.8 Å². The molecule has 0 saturated carbocycles. The molecule has 0 radical (unpaired) electrons. The van der Waals surface area contributed by atoms with Crippen LogP contribution in [0.3, 0.4) is 0 Å². The summed E-state index contributed by atoms with van der Waals surface area (Å²) in [6, 6.07) is 18.7. The monoisotopic (exact) mass is 541 g/mol. The zero-order chi connectivity index (χ0) is 23.9. The van der Waals surface area contributed by atoms with Crippen LogP contribution in [-0.4, -0.2) is 32.3 Å². The molecule has 1 aliphatic heterocycles. The molecular weight excluding hydrogens is 518 g/mol. The minimum Gasteiger partial charge on any atom is -0.493 e. The predicted molar refractivity (Wildman–Crippen MR) is 139 cm³/mol. The SMILES string of the molecule is COc1cc(/C=N\NC(=O)c2ccc(N3CCCC3)cc2)cc(Br)c1OCc1ccc(Cl)cc1. The van der Waals surface area contributed by atoms with E-state index in [1.54, 1.807) is 19.4 Å². The van der Waals surface area contributed by atoms with E-state index in [2.05, 4.69) is 31.4 Å². The highest BCUT2D eigenvalue weighted by Gasteiger charge is 2.14. The molecule has 176 valence electrons. The molecule has 1 fully saturated rings. The molecule has 8 heteroatoms. The number of benzene rings is 3. The molecule has 1 N–H and O–H groups in total. The normalized spacial score (nSPS) is 13.3. The first-order chi connectivity index (χ1) is 16.5. The van der Waals surface area contributed by atoms with Gasteiger partial charge < -0.3 is 14.4 Å². The maximum atomic E-state index is 12.5. The fraction of sp³-hybridized carbons (Fsp3) is 0.231. The van der Waals surface area contributed by atoms with E-state index in [9.17, 15) is 4.79 Å². The average molecular weight is 543 g/mol. The zero-order valence-corrected chi connectivity index (χ0v) is 21.1. The number of halogens is 2. The highest BCUT2D eigenvalue weighted by Crippen LogP contribution is 2.37. The van der Waals surface area contributed by atoms with Crippen molar-refractivity contribution in [1.29, 1.82) is 0 Å². The summed E-state index contributed by atoms with van der Waals surface area (Å²) in [6.07, 6.45) is 3.99. The second-order valence-electron chi connectivity index (χ2n) is 7.89. The molecule has 1 saturated heterocycles. The number of ether oxygens (including phenoxy) is 2. The standard InChI is InChI=1S/C26H25BrClN3O3/c1-33-24-15-19(14-23(27)25(24)34-17-18-4-8-21(28)9-5-18)16-29-30-26(32)20-6-10-22(11-7-20)31-12-2-3-13-31/h4-11,14-16H,2-3,12-13,17H2,1H3,(H,30,32)/b29-16-. The van der Waals surface area contributed by atoms with Crippen molar-refractivity contribution in [3.63, 3.8) is 0 Å². The van der Waals surface area contributed by atoms with Crippen molar-refractivity contribution < 1.29 is 14.3 Å². The predicted octanol–water partition coefficient (Wildman–Crippen LogP) is 6.05. The van der Waals surface area contributed by atoms with Crippen LogP contribution in [0.4, 0.5) is 5.69 Å². The Kier molecular flexibility index (Phi) is 8.08. The van der Waals surface area contributed by atoms with Crippen LogP contribution < -0.4 is 19.8 Å². The van der Waals surface area contributed by atoms with Crippen molar-refractivity contribution in [2.45, 2.75) is 19.4 Å². The van der Waals surface area contributed by atoms with E-state index in [0.29, 0.717) is 33.2 Å². The van der Waals surface area contributed by atoms with Gasteiger partial charge in [-0.05, 0) is 88.4 Å². The molecule has 4 rings (SSSR count). The summed E-state index contributed by atoms with van der Waals surface area (Å²) in [5, 5.41) is 4.78. The summed E-state index contributed by atoms with van der Waals surface area (Å²) in [4.78, 5) is 14.8. The number of carbonyl (C=O) groups excluding carboxylic acids is 1. The van der Waals surface area contributed by atoms with E-state index in [-0.39, 0.29) is 5.91 Å². The lowest BCUT2D eigenvalue weighted by molar-refractivity contribution is 0.0955. The van der Waals surface area contributed by atoms with E-state index >= 15 is 0 Å². The molecule has 0 bridgehead atoms. The third-order valence-corrected chi connectivity index (χ3v) is 6.37. The molecule has 34 heavy (non-hydrogen) atoms. The van der Waals surface area contributed by atoms with Gasteiger partial charge in [-0.2, -0.15) is 5.10 Å². The fourth-order valence-electron chi connectivity index (χ4n) is 3.72. The molecular formula is C26H25BrClN3O3. The van der Waals surface area contributed by atoms with Gasteiger partial charge >= 0.3 is 0 Å². The Morgan fingerprint density at radius 2 is 1.82 bits per heavy atom. The third kappa shape index (κ3) is 6.10. The lowest BCUT2D eigenvalue weighted by Gasteiger charge is -2.17. The van der Waals surface area contributed by atoms with Gasteiger partial charge in [0.1, 0.15) is 6.61 Å². The Labute approximate surface area is 212 Å². The molecule has 6 nitrogen and oxygen atoms in total. The van der Waals surface area contributed by atoms with Gasteiger partial charge in [0, 0.05) is 29.4 Å². The molecule has 0 unspecified atom stereocenters. The van der Waals surface area contributed by atoms with Crippen LogP contribution in [0.1, 0.15) is 34.3 Å². The molecule has 0 spiro atoms. The largest absolute Gasteiger partial charge is 0.493 e. The van der Waals surface area contributed by atoms with Gasteiger partial charge in [0.05, 0.1) is 17.8 Å². The summed E-state index contributed by atoms with van der Waals surface area (Å²) in [7, 11) is 1.57. The molecule has 0 aromatic heterocycles. The maximum absolute atomic E-state index is 12.5. The number of hydrogen-bond donors (Lipinski definition) is 1. The number of anilines is 1. The number of carbonyl (C=O) groups is 1. The number of methoxy groups -OCH3 is 1. The first-order valence-corrected chi connectivity index (χ1v) is 12.1. The second-order valence-corrected chi connectivity index (χ2v) is 9.18.